The molecule has 0 bridgehead atoms. The average molecular weight is 235 g/mol. The SMILES string of the molecule is Cc1c(C(=O)O)cnn1CC=C(Cl)Cl. The third-order valence-electron chi connectivity index (χ3n) is 1.75. The fourth-order valence-corrected chi connectivity index (χ4v) is 1.13. The molecule has 0 saturated heterocycles. The highest BCUT2D eigenvalue weighted by molar-refractivity contribution is 6.55. The predicted molar refractivity (Wildman–Crippen MR) is 53.7 cm³/mol. The molecule has 0 radical (unpaired) electrons. The van der Waals surface area contributed by atoms with Crippen molar-refractivity contribution in [2.45, 2.75) is 13.5 Å². The molecule has 4 nitrogen and oxygen atoms in total. The Hall–Kier alpha value is -1.00. The monoisotopic (exact) mass is 234 g/mol. The summed E-state index contributed by atoms with van der Waals surface area (Å²) in [5, 5.41) is 12.6. The Balaban J connectivity index is 2.90. The molecular weight excluding hydrogens is 227 g/mol. The van der Waals surface area contributed by atoms with Crippen LogP contribution in [0.15, 0.2) is 16.8 Å². The summed E-state index contributed by atoms with van der Waals surface area (Å²) in [7, 11) is 0. The lowest BCUT2D eigenvalue weighted by molar-refractivity contribution is 0.0696. The van der Waals surface area contributed by atoms with E-state index in [-0.39, 0.29) is 10.1 Å². The number of carboxylic acid groups (broad SMARTS) is 1. The molecule has 0 aliphatic heterocycles. The zero-order valence-electron chi connectivity index (χ0n) is 7.37. The summed E-state index contributed by atoms with van der Waals surface area (Å²) >= 11 is 10.8. The molecule has 0 aliphatic rings. The molecular formula is C8H8Cl2N2O2. The highest BCUT2D eigenvalue weighted by Crippen LogP contribution is 2.10. The smallest absolute Gasteiger partial charge is 0.339 e. The number of hydrogen-bond acceptors (Lipinski definition) is 2. The van der Waals surface area contributed by atoms with Crippen LogP contribution in [0.3, 0.4) is 0 Å². The van der Waals surface area contributed by atoms with Gasteiger partial charge in [-0.05, 0) is 13.0 Å². The highest BCUT2D eigenvalue weighted by Gasteiger charge is 2.11. The number of nitrogens with zero attached hydrogens (tertiary/aromatic N) is 2. The van der Waals surface area contributed by atoms with E-state index >= 15 is 0 Å². The van der Waals surface area contributed by atoms with E-state index in [0.29, 0.717) is 12.2 Å². The van der Waals surface area contributed by atoms with E-state index < -0.39 is 5.97 Å². The van der Waals surface area contributed by atoms with Gasteiger partial charge in [0.1, 0.15) is 10.1 Å². The maximum Gasteiger partial charge on any atom is 0.339 e. The van der Waals surface area contributed by atoms with Gasteiger partial charge < -0.3 is 5.11 Å². The van der Waals surface area contributed by atoms with Gasteiger partial charge in [0.05, 0.1) is 18.4 Å². The molecule has 0 amide bonds. The number of aromatic nitrogens is 2. The molecule has 0 fully saturated rings. The van der Waals surface area contributed by atoms with Crippen molar-refractivity contribution in [3.8, 4) is 0 Å². The van der Waals surface area contributed by atoms with Crippen LogP contribution < -0.4 is 0 Å². The molecule has 0 aliphatic carbocycles. The van der Waals surface area contributed by atoms with Crippen molar-refractivity contribution in [1.82, 2.24) is 9.78 Å². The normalized spacial score (nSPS) is 9.93. The minimum atomic E-state index is -0.991. The third-order valence-corrected chi connectivity index (χ3v) is 2.06. The zero-order chi connectivity index (χ0) is 10.7. The standard InChI is InChI=1S/C8H8Cl2N2O2/c1-5-6(8(13)14)4-11-12(5)3-2-7(9)10/h2,4H,3H2,1H3,(H,13,14). The van der Waals surface area contributed by atoms with Crippen LogP contribution in [0.4, 0.5) is 0 Å². The van der Waals surface area contributed by atoms with E-state index in [9.17, 15) is 4.79 Å². The number of allylic oxidation sites excluding steroid dienone is 1. The van der Waals surface area contributed by atoms with Crippen molar-refractivity contribution < 1.29 is 9.90 Å². The lowest BCUT2D eigenvalue weighted by Crippen LogP contribution is -2.03. The Morgan fingerprint density at radius 3 is 2.79 bits per heavy atom. The molecule has 0 saturated carbocycles. The largest absolute Gasteiger partial charge is 0.478 e. The Bertz CT molecular complexity index is 381. The van der Waals surface area contributed by atoms with E-state index in [0.717, 1.165) is 0 Å². The van der Waals surface area contributed by atoms with Crippen molar-refractivity contribution in [2.75, 3.05) is 0 Å². The fourth-order valence-electron chi connectivity index (χ4n) is 0.996. The minimum absolute atomic E-state index is 0.136. The summed E-state index contributed by atoms with van der Waals surface area (Å²) in [5.41, 5.74) is 0.757. The van der Waals surface area contributed by atoms with E-state index in [1.54, 1.807) is 6.92 Å². The zero-order valence-corrected chi connectivity index (χ0v) is 8.88. The van der Waals surface area contributed by atoms with Crippen LogP contribution in [0.1, 0.15) is 16.1 Å². The lowest BCUT2D eigenvalue weighted by Gasteiger charge is -1.99. The maximum atomic E-state index is 10.7. The lowest BCUT2D eigenvalue weighted by atomic mass is 10.3. The Labute approximate surface area is 90.7 Å². The second-order valence-electron chi connectivity index (χ2n) is 2.62. The summed E-state index contributed by atoms with van der Waals surface area (Å²) in [6, 6.07) is 0. The van der Waals surface area contributed by atoms with Gasteiger partial charge in [-0.1, -0.05) is 23.2 Å². The highest BCUT2D eigenvalue weighted by atomic mass is 35.5. The van der Waals surface area contributed by atoms with Gasteiger partial charge in [-0.3, -0.25) is 4.68 Å². The van der Waals surface area contributed by atoms with E-state index in [1.165, 1.54) is 17.0 Å². The summed E-state index contributed by atoms with van der Waals surface area (Å²) in [4.78, 5) is 10.7. The van der Waals surface area contributed by atoms with Crippen LogP contribution in [-0.4, -0.2) is 20.9 Å². The van der Waals surface area contributed by atoms with Gasteiger partial charge in [-0.15, -0.1) is 0 Å². The van der Waals surface area contributed by atoms with Crippen LogP contribution in [-0.2, 0) is 6.54 Å². The fraction of sp³-hybridized carbons (Fsp3) is 0.250. The number of halogens is 2. The van der Waals surface area contributed by atoms with E-state index in [4.69, 9.17) is 28.3 Å². The van der Waals surface area contributed by atoms with Crippen molar-refractivity contribution in [3.63, 3.8) is 0 Å². The molecule has 1 heterocycles. The molecule has 0 atom stereocenters. The Morgan fingerprint density at radius 2 is 2.36 bits per heavy atom. The van der Waals surface area contributed by atoms with E-state index in [2.05, 4.69) is 5.10 Å². The van der Waals surface area contributed by atoms with Crippen LogP contribution in [0, 0.1) is 6.92 Å². The molecule has 6 heteroatoms. The topological polar surface area (TPSA) is 55.1 Å². The third kappa shape index (κ3) is 2.49. The van der Waals surface area contributed by atoms with Gasteiger partial charge in [0.15, 0.2) is 0 Å². The van der Waals surface area contributed by atoms with Crippen LogP contribution in [0.25, 0.3) is 0 Å². The van der Waals surface area contributed by atoms with Gasteiger partial charge in [0.2, 0.25) is 0 Å². The van der Waals surface area contributed by atoms with Crippen molar-refractivity contribution in [1.29, 1.82) is 0 Å². The van der Waals surface area contributed by atoms with Crippen molar-refractivity contribution in [2.24, 2.45) is 0 Å². The van der Waals surface area contributed by atoms with Crippen LogP contribution >= 0.6 is 23.2 Å². The molecule has 76 valence electrons. The van der Waals surface area contributed by atoms with Crippen molar-refractivity contribution >= 4 is 29.2 Å². The quantitative estimate of drug-likeness (QED) is 0.873. The first kappa shape index (κ1) is 11.1. The molecule has 0 spiro atoms. The van der Waals surface area contributed by atoms with Crippen LogP contribution in [0.5, 0.6) is 0 Å². The summed E-state index contributed by atoms with van der Waals surface area (Å²) < 4.78 is 1.64. The number of carboxylic acids is 1. The number of rotatable bonds is 3. The first-order valence-electron chi connectivity index (χ1n) is 3.79. The van der Waals surface area contributed by atoms with Gasteiger partial charge in [0, 0.05) is 0 Å². The average Bonchev–Trinajstić information content (AvgIpc) is 2.43. The maximum absolute atomic E-state index is 10.7. The number of aromatic carboxylic acids is 1. The summed E-state index contributed by atoms with van der Waals surface area (Å²) in [6.07, 6.45) is 2.84. The predicted octanol–water partition coefficient (Wildman–Crippen LogP) is 2.21. The van der Waals surface area contributed by atoms with Gasteiger partial charge >= 0.3 is 5.97 Å². The summed E-state index contributed by atoms with van der Waals surface area (Å²) in [5.74, 6) is -0.991. The molecule has 14 heavy (non-hydrogen) atoms. The molecule has 0 unspecified atom stereocenters. The first-order chi connectivity index (χ1) is 6.52. The number of carbonyl (C=O) groups is 1. The summed E-state index contributed by atoms with van der Waals surface area (Å²) in [6.45, 7) is 2.04. The van der Waals surface area contributed by atoms with Gasteiger partial charge in [-0.25, -0.2) is 4.79 Å². The molecule has 0 aromatic carbocycles. The Morgan fingerprint density at radius 1 is 1.71 bits per heavy atom. The molecule has 1 aromatic rings. The van der Waals surface area contributed by atoms with Crippen LogP contribution in [0.2, 0.25) is 0 Å². The number of hydrogen-bond donors (Lipinski definition) is 1. The molecule has 1 N–H and O–H groups in total. The van der Waals surface area contributed by atoms with Gasteiger partial charge in [-0.2, -0.15) is 5.10 Å². The van der Waals surface area contributed by atoms with Crippen molar-refractivity contribution in [3.05, 3.63) is 28.0 Å². The first-order valence-corrected chi connectivity index (χ1v) is 4.55. The molecule has 1 rings (SSSR count). The molecule has 1 aromatic heterocycles. The Kier molecular flexibility index (Phi) is 3.55. The second kappa shape index (κ2) is 4.48. The van der Waals surface area contributed by atoms with E-state index in [1.807, 2.05) is 0 Å². The minimum Gasteiger partial charge on any atom is -0.478 e. The van der Waals surface area contributed by atoms with Gasteiger partial charge in [0.25, 0.3) is 0 Å². The second-order valence-corrected chi connectivity index (χ2v) is 3.63.